The van der Waals surface area contributed by atoms with Gasteiger partial charge in [-0.15, -0.1) is 5.10 Å². The van der Waals surface area contributed by atoms with E-state index < -0.39 is 11.9 Å². The number of amides is 2. The van der Waals surface area contributed by atoms with E-state index >= 15 is 0 Å². The third kappa shape index (κ3) is 5.72. The smallest absolute Gasteiger partial charge is 0.243 e. The van der Waals surface area contributed by atoms with E-state index in [1.165, 1.54) is 18.7 Å². The van der Waals surface area contributed by atoms with Gasteiger partial charge in [-0.25, -0.2) is 9.07 Å². The average Bonchev–Trinajstić information content (AvgIpc) is 3.75. The fraction of sp³-hybridized carbons (Fsp3) is 0.375. The first-order chi connectivity index (χ1) is 20.4. The Morgan fingerprint density at radius 2 is 1.88 bits per heavy atom. The van der Waals surface area contributed by atoms with Crippen LogP contribution >= 0.6 is 0 Å². The number of nitrogens with zero attached hydrogens (tertiary/aromatic N) is 4. The summed E-state index contributed by atoms with van der Waals surface area (Å²) in [6.45, 7) is 1.46. The minimum atomic E-state index is -0.608. The van der Waals surface area contributed by atoms with Gasteiger partial charge >= 0.3 is 0 Å². The van der Waals surface area contributed by atoms with Gasteiger partial charge < -0.3 is 20.3 Å². The first-order valence-electron chi connectivity index (χ1n) is 14.4. The number of rotatable bonds is 8. The molecule has 1 aromatic heterocycles. The number of likely N-dealkylation sites (tertiary alicyclic amines) is 1. The molecule has 0 saturated carbocycles. The number of methoxy groups -OCH3 is 1. The van der Waals surface area contributed by atoms with E-state index in [4.69, 9.17) is 4.74 Å². The molecule has 2 aliphatic heterocycles. The molecular formula is C32H35FN6O3. The van der Waals surface area contributed by atoms with Crippen molar-refractivity contribution >= 4 is 22.8 Å². The van der Waals surface area contributed by atoms with Gasteiger partial charge in [-0.1, -0.05) is 47.7 Å². The Hall–Kier alpha value is -4.31. The lowest BCUT2D eigenvalue weighted by Gasteiger charge is -2.27. The van der Waals surface area contributed by atoms with Crippen LogP contribution in [0.25, 0.3) is 11.0 Å². The van der Waals surface area contributed by atoms with Crippen molar-refractivity contribution in [2.24, 2.45) is 13.0 Å². The third-order valence-electron chi connectivity index (χ3n) is 8.56. The van der Waals surface area contributed by atoms with Gasteiger partial charge in [0.2, 0.25) is 11.8 Å². The predicted octanol–water partition coefficient (Wildman–Crippen LogP) is 3.34. The topological polar surface area (TPSA) is 101 Å². The fourth-order valence-electron chi connectivity index (χ4n) is 6.34. The van der Waals surface area contributed by atoms with Crippen molar-refractivity contribution < 1.29 is 18.7 Å². The van der Waals surface area contributed by atoms with Gasteiger partial charge in [0.25, 0.3) is 0 Å². The molecule has 10 heteroatoms. The van der Waals surface area contributed by atoms with Crippen molar-refractivity contribution in [1.82, 2.24) is 30.5 Å². The molecule has 6 rings (SSSR count). The van der Waals surface area contributed by atoms with Crippen molar-refractivity contribution in [3.63, 3.8) is 0 Å². The number of carbonyl (C=O) groups is 2. The molecular weight excluding hydrogens is 535 g/mol. The van der Waals surface area contributed by atoms with Crippen molar-refractivity contribution in [2.45, 2.75) is 43.8 Å². The van der Waals surface area contributed by atoms with Gasteiger partial charge in [-0.2, -0.15) is 0 Å². The Balaban J connectivity index is 1.17. The lowest BCUT2D eigenvalue weighted by Crippen LogP contribution is -2.51. The highest BCUT2D eigenvalue weighted by Gasteiger charge is 2.43. The van der Waals surface area contributed by atoms with Crippen LogP contribution in [0.1, 0.15) is 35.4 Å². The van der Waals surface area contributed by atoms with Crippen LogP contribution < -0.4 is 15.4 Å². The summed E-state index contributed by atoms with van der Waals surface area (Å²) in [6.07, 6.45) is 1.74. The van der Waals surface area contributed by atoms with Gasteiger partial charge in [0, 0.05) is 26.7 Å². The van der Waals surface area contributed by atoms with E-state index in [-0.39, 0.29) is 35.4 Å². The zero-order valence-electron chi connectivity index (χ0n) is 23.8. The largest absolute Gasteiger partial charge is 0.494 e. The molecule has 4 unspecified atom stereocenters. The van der Waals surface area contributed by atoms with Crippen LogP contribution in [0, 0.1) is 11.7 Å². The summed E-state index contributed by atoms with van der Waals surface area (Å²) in [5, 5.41) is 14.7. The maximum Gasteiger partial charge on any atom is 0.243 e. The summed E-state index contributed by atoms with van der Waals surface area (Å²) < 4.78 is 21.2. The number of hydrogen-bond acceptors (Lipinski definition) is 6. The molecule has 2 amide bonds. The summed E-state index contributed by atoms with van der Waals surface area (Å²) >= 11 is 0. The Labute approximate surface area is 244 Å². The number of nitrogens with one attached hydrogen (secondary N) is 2. The maximum absolute atomic E-state index is 14.4. The van der Waals surface area contributed by atoms with Crippen LogP contribution in [0.15, 0.2) is 66.7 Å². The summed E-state index contributed by atoms with van der Waals surface area (Å²) in [5.41, 5.74) is 4.59. The highest BCUT2D eigenvalue weighted by molar-refractivity contribution is 5.90. The van der Waals surface area contributed by atoms with Crippen LogP contribution in [0.2, 0.25) is 0 Å². The molecule has 4 aromatic rings. The van der Waals surface area contributed by atoms with Crippen LogP contribution in [0.5, 0.6) is 5.75 Å². The average molecular weight is 571 g/mol. The Kier molecular flexibility index (Phi) is 7.88. The summed E-state index contributed by atoms with van der Waals surface area (Å²) in [5.74, 6) is -0.220. The lowest BCUT2D eigenvalue weighted by atomic mass is 9.96. The molecule has 3 heterocycles. The monoisotopic (exact) mass is 570 g/mol. The van der Waals surface area contributed by atoms with Gasteiger partial charge in [-0.05, 0) is 72.1 Å². The highest BCUT2D eigenvalue weighted by Crippen LogP contribution is 2.32. The lowest BCUT2D eigenvalue weighted by molar-refractivity contribution is -0.139. The number of hydrogen-bond donors (Lipinski definition) is 2. The van der Waals surface area contributed by atoms with Gasteiger partial charge in [0.1, 0.15) is 11.6 Å². The number of carbonyl (C=O) groups excluding carboxylic acids is 2. The second kappa shape index (κ2) is 11.9. The fourth-order valence-corrected chi connectivity index (χ4v) is 6.34. The zero-order valence-corrected chi connectivity index (χ0v) is 23.8. The van der Waals surface area contributed by atoms with Crippen LogP contribution in [0.4, 0.5) is 4.39 Å². The van der Waals surface area contributed by atoms with Gasteiger partial charge in [0.05, 0.1) is 18.7 Å². The molecule has 218 valence electrons. The number of aromatic nitrogens is 3. The quantitative estimate of drug-likeness (QED) is 0.337. The van der Waals surface area contributed by atoms with Crippen molar-refractivity contribution in [2.75, 3.05) is 20.2 Å². The van der Waals surface area contributed by atoms with E-state index in [9.17, 15) is 14.0 Å². The molecule has 0 aliphatic carbocycles. The number of fused-ring (bicyclic) bond motifs is 1. The van der Waals surface area contributed by atoms with Gasteiger partial charge in [0.15, 0.2) is 11.6 Å². The van der Waals surface area contributed by atoms with E-state index in [1.54, 1.807) is 15.6 Å². The molecule has 2 fully saturated rings. The standard InChI is InChI=1S/C32H35FN6O3/c1-38-28-10-8-21(14-26(28)36-37-38)17-35-31(40)29-15-22(12-20-9-11-30(42-2)25(33)13-20)19-39(29)32(41)27-16-24(18-34-27)23-6-4-3-5-7-23/h3-11,13-14,22,24,27,29,34H,12,15-19H2,1-2H3,(H,35,40). The normalized spacial score (nSPS) is 22.0. The first kappa shape index (κ1) is 27.8. The molecule has 0 radical (unpaired) electrons. The molecule has 4 atom stereocenters. The van der Waals surface area contributed by atoms with Crippen LogP contribution in [-0.2, 0) is 29.6 Å². The SMILES string of the molecule is COc1ccc(CC2CC(C(=O)NCc3ccc4c(c3)nnn4C)N(C(=O)C3CC(c4ccccc4)CN3)C2)cc1F. The van der Waals surface area contributed by atoms with Crippen LogP contribution in [0.3, 0.4) is 0 Å². The second-order valence-corrected chi connectivity index (χ2v) is 11.3. The Morgan fingerprint density at radius 3 is 2.67 bits per heavy atom. The molecule has 3 aromatic carbocycles. The minimum absolute atomic E-state index is 0.0137. The highest BCUT2D eigenvalue weighted by atomic mass is 19.1. The number of ether oxygens (including phenoxy) is 1. The molecule has 0 bridgehead atoms. The van der Waals surface area contributed by atoms with Crippen molar-refractivity contribution in [3.8, 4) is 5.75 Å². The number of aryl methyl sites for hydroxylation is 1. The Bertz CT molecular complexity index is 1590. The third-order valence-corrected chi connectivity index (χ3v) is 8.56. The van der Waals surface area contributed by atoms with E-state index in [1.807, 2.05) is 49.5 Å². The molecule has 2 N–H and O–H groups in total. The summed E-state index contributed by atoms with van der Waals surface area (Å²) in [7, 11) is 3.27. The van der Waals surface area contributed by atoms with Crippen molar-refractivity contribution in [1.29, 1.82) is 0 Å². The molecule has 9 nitrogen and oxygen atoms in total. The molecule has 2 aliphatic rings. The Morgan fingerprint density at radius 1 is 1.07 bits per heavy atom. The van der Waals surface area contributed by atoms with Crippen LogP contribution in [-0.4, -0.2) is 64.0 Å². The minimum Gasteiger partial charge on any atom is -0.494 e. The number of halogens is 1. The van der Waals surface area contributed by atoms with E-state index in [0.717, 1.165) is 22.2 Å². The first-order valence-corrected chi connectivity index (χ1v) is 14.4. The molecule has 0 spiro atoms. The maximum atomic E-state index is 14.4. The van der Waals surface area contributed by atoms with E-state index in [0.29, 0.717) is 38.9 Å². The zero-order chi connectivity index (χ0) is 29.2. The van der Waals surface area contributed by atoms with Crippen molar-refractivity contribution in [3.05, 3.63) is 89.2 Å². The summed E-state index contributed by atoms with van der Waals surface area (Å²) in [6, 6.07) is 19.9. The molecule has 42 heavy (non-hydrogen) atoms. The number of benzene rings is 3. The summed E-state index contributed by atoms with van der Waals surface area (Å²) in [4.78, 5) is 29.2. The predicted molar refractivity (Wildman–Crippen MR) is 156 cm³/mol. The van der Waals surface area contributed by atoms with E-state index in [2.05, 4.69) is 33.1 Å². The van der Waals surface area contributed by atoms with Gasteiger partial charge in [-0.3, -0.25) is 9.59 Å². The molecule has 2 saturated heterocycles. The second-order valence-electron chi connectivity index (χ2n) is 11.3.